The predicted molar refractivity (Wildman–Crippen MR) is 114 cm³/mol. The third kappa shape index (κ3) is 2.95. The number of ether oxygens (including phenoxy) is 1. The molecule has 0 bridgehead atoms. The van der Waals surface area contributed by atoms with E-state index in [0.717, 1.165) is 5.69 Å². The quantitative estimate of drug-likeness (QED) is 0.612. The molecule has 0 N–H and O–H groups in total. The summed E-state index contributed by atoms with van der Waals surface area (Å²) in [6.07, 6.45) is 1.54. The summed E-state index contributed by atoms with van der Waals surface area (Å²) < 4.78 is 9.73. The summed E-state index contributed by atoms with van der Waals surface area (Å²) in [5, 5.41) is 0.492. The molecule has 3 aromatic rings. The molecule has 8 nitrogen and oxygen atoms in total. The van der Waals surface area contributed by atoms with Crippen molar-refractivity contribution in [3.05, 3.63) is 56.7 Å². The van der Waals surface area contributed by atoms with Gasteiger partial charge < -0.3 is 14.2 Å². The number of aromatic nitrogens is 4. The third-order valence-electron chi connectivity index (χ3n) is 5.20. The van der Waals surface area contributed by atoms with Crippen LogP contribution in [0.2, 0.25) is 5.02 Å². The topological polar surface area (TPSA) is 74.3 Å². The van der Waals surface area contributed by atoms with Gasteiger partial charge in [-0.1, -0.05) is 24.6 Å². The van der Waals surface area contributed by atoms with Crippen molar-refractivity contribution in [3.63, 3.8) is 0 Å². The lowest BCUT2D eigenvalue weighted by molar-refractivity contribution is 0.415. The fourth-order valence-corrected chi connectivity index (χ4v) is 4.09. The number of rotatable bonds is 4. The van der Waals surface area contributed by atoms with Crippen molar-refractivity contribution in [2.24, 2.45) is 13.0 Å². The number of fused-ring (bicyclic) bond motifs is 3. The van der Waals surface area contributed by atoms with E-state index >= 15 is 0 Å². The molecule has 0 aliphatic carbocycles. The molecule has 1 aliphatic rings. The highest BCUT2D eigenvalue weighted by Crippen LogP contribution is 2.36. The Hall–Kier alpha value is -3.00. The van der Waals surface area contributed by atoms with Crippen LogP contribution >= 0.6 is 11.6 Å². The first-order chi connectivity index (χ1) is 13.9. The smallest absolute Gasteiger partial charge is 0.332 e. The van der Waals surface area contributed by atoms with E-state index in [1.807, 2.05) is 21.6 Å². The van der Waals surface area contributed by atoms with Gasteiger partial charge in [-0.3, -0.25) is 13.9 Å². The van der Waals surface area contributed by atoms with Crippen molar-refractivity contribution in [2.45, 2.75) is 20.0 Å². The fourth-order valence-electron chi connectivity index (χ4n) is 3.84. The molecule has 3 heterocycles. The summed E-state index contributed by atoms with van der Waals surface area (Å²) in [7, 11) is 3.19. The second-order valence-corrected chi connectivity index (χ2v) is 7.68. The average Bonchev–Trinajstić information content (AvgIpc) is 3.08. The zero-order chi connectivity index (χ0) is 20.9. The van der Waals surface area contributed by atoms with Gasteiger partial charge in [0, 0.05) is 32.4 Å². The number of anilines is 2. The Morgan fingerprint density at radius 2 is 2.10 bits per heavy atom. The Labute approximate surface area is 172 Å². The van der Waals surface area contributed by atoms with Crippen LogP contribution < -0.4 is 20.9 Å². The summed E-state index contributed by atoms with van der Waals surface area (Å²) in [6, 6.07) is 5.52. The van der Waals surface area contributed by atoms with Gasteiger partial charge in [-0.15, -0.1) is 6.58 Å². The van der Waals surface area contributed by atoms with E-state index in [-0.39, 0.29) is 18.0 Å². The first kappa shape index (κ1) is 19.3. The first-order valence-corrected chi connectivity index (χ1v) is 9.67. The number of benzene rings is 1. The van der Waals surface area contributed by atoms with Crippen molar-refractivity contribution in [3.8, 4) is 5.75 Å². The molecule has 0 saturated heterocycles. The zero-order valence-electron chi connectivity index (χ0n) is 16.6. The summed E-state index contributed by atoms with van der Waals surface area (Å²) in [5.41, 5.74) is 0.859. The van der Waals surface area contributed by atoms with E-state index in [0.29, 0.717) is 41.0 Å². The Bertz CT molecular complexity index is 1240. The van der Waals surface area contributed by atoms with Crippen molar-refractivity contribution in [1.82, 2.24) is 18.7 Å². The minimum absolute atomic E-state index is 0.148. The van der Waals surface area contributed by atoms with Gasteiger partial charge in [0.1, 0.15) is 5.75 Å². The maximum absolute atomic E-state index is 13.1. The average molecular weight is 416 g/mol. The molecule has 0 amide bonds. The van der Waals surface area contributed by atoms with Gasteiger partial charge in [0.2, 0.25) is 5.95 Å². The van der Waals surface area contributed by atoms with Gasteiger partial charge in [0.25, 0.3) is 5.56 Å². The lowest BCUT2D eigenvalue weighted by Crippen LogP contribution is -2.40. The second-order valence-electron chi connectivity index (χ2n) is 7.28. The molecule has 0 unspecified atom stereocenters. The van der Waals surface area contributed by atoms with Crippen LogP contribution in [-0.2, 0) is 20.1 Å². The van der Waals surface area contributed by atoms with Gasteiger partial charge in [-0.25, -0.2) is 4.79 Å². The highest BCUT2D eigenvalue weighted by Gasteiger charge is 2.30. The van der Waals surface area contributed by atoms with Gasteiger partial charge >= 0.3 is 5.69 Å². The van der Waals surface area contributed by atoms with Crippen molar-refractivity contribution in [1.29, 1.82) is 0 Å². The number of halogens is 1. The molecule has 1 atom stereocenters. The van der Waals surface area contributed by atoms with Crippen LogP contribution in [-0.4, -0.2) is 32.3 Å². The minimum atomic E-state index is -0.412. The fraction of sp³-hybridized carbons (Fsp3) is 0.350. The molecule has 0 spiro atoms. The molecule has 9 heteroatoms. The van der Waals surface area contributed by atoms with E-state index in [1.54, 1.807) is 20.2 Å². The van der Waals surface area contributed by atoms with E-state index in [1.165, 1.54) is 15.2 Å². The van der Waals surface area contributed by atoms with Crippen LogP contribution in [0.15, 0.2) is 40.4 Å². The molecular formula is C20H22ClN5O3. The first-order valence-electron chi connectivity index (χ1n) is 9.29. The lowest BCUT2D eigenvalue weighted by atomic mass is 10.1. The van der Waals surface area contributed by atoms with Crippen LogP contribution in [0.3, 0.4) is 0 Å². The Balaban J connectivity index is 1.98. The number of nitrogens with zero attached hydrogens (tertiary/aromatic N) is 5. The van der Waals surface area contributed by atoms with Crippen LogP contribution in [0.4, 0.5) is 11.6 Å². The Morgan fingerprint density at radius 1 is 1.34 bits per heavy atom. The van der Waals surface area contributed by atoms with E-state index in [4.69, 9.17) is 16.3 Å². The molecule has 0 saturated carbocycles. The number of hydrogen-bond acceptors (Lipinski definition) is 5. The monoisotopic (exact) mass is 415 g/mol. The van der Waals surface area contributed by atoms with Crippen molar-refractivity contribution < 1.29 is 4.74 Å². The highest BCUT2D eigenvalue weighted by molar-refractivity contribution is 6.32. The molecule has 4 rings (SSSR count). The number of methoxy groups -OCH3 is 1. The summed E-state index contributed by atoms with van der Waals surface area (Å²) in [4.78, 5) is 32.4. The number of aryl methyl sites for hydroxylation is 1. The maximum atomic E-state index is 13.1. The largest absolute Gasteiger partial charge is 0.495 e. The standard InChI is InChI=1S/C20H22ClN5O3/c1-5-8-24-18(27)16-17(23(3)20(24)28)22-19-25(10-12(2)11-26(16)19)13-6-7-15(29-4)14(21)9-13/h5-7,9,12H,1,8,10-11H2,2-4H3/t12-/m0/s1. The predicted octanol–water partition coefficient (Wildman–Crippen LogP) is 2.53. The highest BCUT2D eigenvalue weighted by atomic mass is 35.5. The van der Waals surface area contributed by atoms with Crippen molar-refractivity contribution >= 4 is 34.4 Å². The number of hydrogen-bond donors (Lipinski definition) is 0. The lowest BCUT2D eigenvalue weighted by Gasteiger charge is -2.33. The van der Waals surface area contributed by atoms with E-state index in [9.17, 15) is 9.59 Å². The van der Waals surface area contributed by atoms with Crippen LogP contribution in [0.5, 0.6) is 5.75 Å². The van der Waals surface area contributed by atoms with Gasteiger partial charge in [0.15, 0.2) is 11.2 Å². The van der Waals surface area contributed by atoms with Crippen LogP contribution in [0, 0.1) is 5.92 Å². The molecular weight excluding hydrogens is 394 g/mol. The Morgan fingerprint density at radius 3 is 2.76 bits per heavy atom. The molecule has 0 fully saturated rings. The molecule has 0 radical (unpaired) electrons. The SMILES string of the molecule is C=CCn1c(=O)c2c(nc3n2C[C@@H](C)CN3c2ccc(OC)c(Cl)c2)n(C)c1=O. The van der Waals surface area contributed by atoms with Gasteiger partial charge in [-0.05, 0) is 24.1 Å². The summed E-state index contributed by atoms with van der Waals surface area (Å²) >= 11 is 6.33. The molecule has 152 valence electrons. The Kier molecular flexibility index (Phi) is 4.74. The van der Waals surface area contributed by atoms with Gasteiger partial charge in [0.05, 0.1) is 12.1 Å². The third-order valence-corrected chi connectivity index (χ3v) is 5.50. The number of imidazole rings is 1. The minimum Gasteiger partial charge on any atom is -0.495 e. The number of allylic oxidation sites excluding steroid dienone is 1. The van der Waals surface area contributed by atoms with Crippen LogP contribution in [0.1, 0.15) is 6.92 Å². The molecule has 1 aliphatic heterocycles. The van der Waals surface area contributed by atoms with E-state index in [2.05, 4.69) is 18.5 Å². The second kappa shape index (κ2) is 7.11. The zero-order valence-corrected chi connectivity index (χ0v) is 17.3. The summed E-state index contributed by atoms with van der Waals surface area (Å²) in [5.74, 6) is 1.46. The van der Waals surface area contributed by atoms with Crippen LogP contribution in [0.25, 0.3) is 11.2 Å². The normalized spacial score (nSPS) is 16.1. The summed E-state index contributed by atoms with van der Waals surface area (Å²) in [6.45, 7) is 7.25. The molecule has 2 aromatic heterocycles. The van der Waals surface area contributed by atoms with E-state index < -0.39 is 5.69 Å². The van der Waals surface area contributed by atoms with Gasteiger partial charge in [-0.2, -0.15) is 4.98 Å². The van der Waals surface area contributed by atoms with Crippen molar-refractivity contribution in [2.75, 3.05) is 18.6 Å². The maximum Gasteiger partial charge on any atom is 0.332 e. The molecule has 29 heavy (non-hydrogen) atoms. The molecule has 1 aromatic carbocycles.